The second-order valence-electron chi connectivity index (χ2n) is 9.13. The van der Waals surface area contributed by atoms with Gasteiger partial charge in [0.05, 0.1) is 22.9 Å². The molecule has 4 aliphatic carbocycles. The number of hydrogen-bond donors (Lipinski definition) is 2. The van der Waals surface area contributed by atoms with Crippen molar-refractivity contribution in [1.29, 1.82) is 0 Å². The van der Waals surface area contributed by atoms with E-state index in [9.17, 15) is 9.90 Å². The van der Waals surface area contributed by atoms with Crippen molar-refractivity contribution >= 4 is 17.5 Å². The van der Waals surface area contributed by atoms with Gasteiger partial charge in [0.2, 0.25) is 0 Å². The topological polar surface area (TPSA) is 67.2 Å². The largest absolute Gasteiger partial charge is 0.390 e. The number of amides is 1. The molecule has 132 valence electrons. The number of aliphatic hydroxyl groups is 1. The Hall–Kier alpha value is -1.07. The van der Waals surface area contributed by atoms with Crippen LogP contribution in [-0.2, 0) is 5.54 Å². The van der Waals surface area contributed by atoms with Crippen LogP contribution in [0.4, 0.5) is 0 Å². The quantitative estimate of drug-likeness (QED) is 0.860. The van der Waals surface area contributed by atoms with Crippen LogP contribution < -0.4 is 5.32 Å². The second-order valence-corrected chi connectivity index (χ2v) is 9.48. The van der Waals surface area contributed by atoms with Gasteiger partial charge in [-0.2, -0.15) is 5.10 Å². The van der Waals surface area contributed by atoms with Gasteiger partial charge in [-0.3, -0.25) is 4.79 Å². The molecule has 4 fully saturated rings. The summed E-state index contributed by atoms with van der Waals surface area (Å²) >= 11 is 6.39. The van der Waals surface area contributed by atoms with Crippen molar-refractivity contribution in [2.45, 2.75) is 70.1 Å². The molecular weight excluding hydrogens is 326 g/mol. The number of aromatic nitrogens is 2. The van der Waals surface area contributed by atoms with Gasteiger partial charge < -0.3 is 10.4 Å². The maximum atomic E-state index is 12.8. The fourth-order valence-electron chi connectivity index (χ4n) is 5.40. The lowest BCUT2D eigenvalue weighted by molar-refractivity contribution is -0.136. The number of nitrogens with zero attached hydrogens (tertiary/aromatic N) is 2. The zero-order chi connectivity index (χ0) is 17.3. The van der Waals surface area contributed by atoms with Gasteiger partial charge in [0.1, 0.15) is 5.15 Å². The summed E-state index contributed by atoms with van der Waals surface area (Å²) in [6.07, 6.45) is 6.40. The van der Waals surface area contributed by atoms with Crippen LogP contribution in [0.2, 0.25) is 5.15 Å². The average molecular weight is 352 g/mol. The Labute approximate surface area is 147 Å². The molecule has 24 heavy (non-hydrogen) atoms. The Morgan fingerprint density at radius 2 is 1.96 bits per heavy atom. The van der Waals surface area contributed by atoms with Crippen LogP contribution in [0.25, 0.3) is 0 Å². The molecule has 4 aliphatic rings. The molecule has 3 unspecified atom stereocenters. The fraction of sp³-hybridized carbons (Fsp3) is 0.778. The van der Waals surface area contributed by atoms with E-state index < -0.39 is 5.60 Å². The smallest absolute Gasteiger partial charge is 0.256 e. The van der Waals surface area contributed by atoms with Gasteiger partial charge in [-0.05, 0) is 70.6 Å². The van der Waals surface area contributed by atoms with E-state index in [1.165, 1.54) is 0 Å². The average Bonchev–Trinajstić information content (AvgIpc) is 2.82. The highest BCUT2D eigenvalue weighted by molar-refractivity contribution is 6.32. The van der Waals surface area contributed by atoms with Crippen molar-refractivity contribution in [2.24, 2.45) is 17.8 Å². The molecule has 4 bridgehead atoms. The first-order valence-corrected chi connectivity index (χ1v) is 9.31. The Morgan fingerprint density at radius 3 is 2.46 bits per heavy atom. The summed E-state index contributed by atoms with van der Waals surface area (Å²) < 4.78 is 1.68. The first-order chi connectivity index (χ1) is 11.2. The minimum absolute atomic E-state index is 0.139. The molecule has 5 atom stereocenters. The third-order valence-corrected chi connectivity index (χ3v) is 6.49. The summed E-state index contributed by atoms with van der Waals surface area (Å²) in [5.74, 6) is 1.27. The summed E-state index contributed by atoms with van der Waals surface area (Å²) in [6.45, 7) is 6.02. The summed E-state index contributed by atoms with van der Waals surface area (Å²) in [7, 11) is 0. The Kier molecular flexibility index (Phi) is 3.56. The van der Waals surface area contributed by atoms with E-state index in [0.717, 1.165) is 32.1 Å². The van der Waals surface area contributed by atoms with Gasteiger partial charge in [-0.15, -0.1) is 0 Å². The summed E-state index contributed by atoms with van der Waals surface area (Å²) in [4.78, 5) is 12.8. The number of nitrogens with one attached hydrogen (secondary N) is 1. The molecule has 6 heteroatoms. The molecule has 0 spiro atoms. The third kappa shape index (κ3) is 2.57. The zero-order valence-corrected chi connectivity index (χ0v) is 15.3. The van der Waals surface area contributed by atoms with Gasteiger partial charge >= 0.3 is 0 Å². The third-order valence-electron chi connectivity index (χ3n) is 6.13. The van der Waals surface area contributed by atoms with Crippen molar-refractivity contribution in [2.75, 3.05) is 0 Å². The van der Waals surface area contributed by atoms with Gasteiger partial charge in [0, 0.05) is 6.04 Å². The summed E-state index contributed by atoms with van der Waals surface area (Å²) in [5.41, 5.74) is -0.298. The molecule has 4 saturated carbocycles. The Balaban J connectivity index is 1.52. The lowest BCUT2D eigenvalue weighted by Gasteiger charge is -2.58. The first-order valence-electron chi connectivity index (χ1n) is 8.93. The van der Waals surface area contributed by atoms with E-state index in [1.54, 1.807) is 10.9 Å². The SMILES string of the molecule is CC(C)(C)n1ncc(C(=O)NC2[C@@H]3CC4C[C@H]2CC(O)(C4)C3)c1Cl. The van der Waals surface area contributed by atoms with Gasteiger partial charge in [0.25, 0.3) is 5.91 Å². The Morgan fingerprint density at radius 1 is 1.33 bits per heavy atom. The number of rotatable bonds is 2. The highest BCUT2D eigenvalue weighted by Gasteiger charge is 2.55. The maximum absolute atomic E-state index is 12.8. The maximum Gasteiger partial charge on any atom is 0.256 e. The van der Waals surface area contributed by atoms with Gasteiger partial charge in [0.15, 0.2) is 0 Å². The minimum Gasteiger partial charge on any atom is -0.390 e. The van der Waals surface area contributed by atoms with Crippen LogP contribution in [0.15, 0.2) is 6.20 Å². The van der Waals surface area contributed by atoms with Crippen LogP contribution in [0.5, 0.6) is 0 Å². The molecule has 1 heterocycles. The second kappa shape index (κ2) is 5.21. The first kappa shape index (κ1) is 16.4. The monoisotopic (exact) mass is 351 g/mol. The fourth-order valence-corrected chi connectivity index (χ4v) is 5.83. The molecular formula is C18H26ClN3O2. The molecule has 5 rings (SSSR count). The molecule has 5 nitrogen and oxygen atoms in total. The number of hydrogen-bond acceptors (Lipinski definition) is 3. The van der Waals surface area contributed by atoms with Gasteiger partial charge in [-0.25, -0.2) is 4.68 Å². The standard InChI is InChI=1S/C18H26ClN3O2/c1-17(2,3)22-15(19)13(9-20-22)16(23)21-14-11-4-10-5-12(14)8-18(24,6-10)7-11/h9-12,14,24H,4-8H2,1-3H3,(H,21,23)/t10?,11-,12+,14?,18?. The van der Waals surface area contributed by atoms with Crippen molar-refractivity contribution in [3.63, 3.8) is 0 Å². The summed E-state index contributed by atoms with van der Waals surface area (Å²) in [6, 6.07) is 0.156. The van der Waals surface area contributed by atoms with Crippen LogP contribution in [-0.4, -0.2) is 32.4 Å². The van der Waals surface area contributed by atoms with Crippen LogP contribution in [0.1, 0.15) is 63.2 Å². The van der Waals surface area contributed by atoms with E-state index in [4.69, 9.17) is 11.6 Å². The molecule has 2 N–H and O–H groups in total. The van der Waals surface area contributed by atoms with Crippen molar-refractivity contribution in [3.8, 4) is 0 Å². The van der Waals surface area contributed by atoms with Crippen LogP contribution in [0, 0.1) is 17.8 Å². The summed E-state index contributed by atoms with van der Waals surface area (Å²) in [5, 5.41) is 18.6. The van der Waals surface area contributed by atoms with E-state index in [1.807, 2.05) is 20.8 Å². The number of carbonyl (C=O) groups excluding carboxylic acids is 1. The molecule has 0 aromatic carbocycles. The molecule has 1 aromatic rings. The van der Waals surface area contributed by atoms with Crippen molar-refractivity contribution in [1.82, 2.24) is 15.1 Å². The predicted molar refractivity (Wildman–Crippen MR) is 92.0 cm³/mol. The van der Waals surface area contributed by atoms with Crippen molar-refractivity contribution in [3.05, 3.63) is 16.9 Å². The Bertz CT molecular complexity index is 662. The van der Waals surface area contributed by atoms with E-state index >= 15 is 0 Å². The zero-order valence-electron chi connectivity index (χ0n) is 14.6. The molecule has 0 radical (unpaired) electrons. The van der Waals surface area contributed by atoms with Crippen LogP contribution in [0.3, 0.4) is 0 Å². The predicted octanol–water partition coefficient (Wildman–Crippen LogP) is 2.96. The van der Waals surface area contributed by atoms with E-state index in [2.05, 4.69) is 10.4 Å². The molecule has 1 amide bonds. The van der Waals surface area contributed by atoms with Crippen molar-refractivity contribution < 1.29 is 9.90 Å². The molecule has 0 aliphatic heterocycles. The van der Waals surface area contributed by atoms with Gasteiger partial charge in [-0.1, -0.05) is 11.6 Å². The normalized spacial score (nSPS) is 37.7. The highest BCUT2D eigenvalue weighted by atomic mass is 35.5. The molecule has 0 saturated heterocycles. The molecule has 1 aromatic heterocycles. The highest BCUT2D eigenvalue weighted by Crippen LogP contribution is 2.55. The lowest BCUT2D eigenvalue weighted by atomic mass is 9.52. The van der Waals surface area contributed by atoms with Crippen LogP contribution >= 0.6 is 11.6 Å². The number of halogens is 1. The van der Waals surface area contributed by atoms with E-state index in [-0.39, 0.29) is 17.5 Å². The number of carbonyl (C=O) groups is 1. The lowest BCUT2D eigenvalue weighted by Crippen LogP contribution is -2.61. The minimum atomic E-state index is -0.480. The van der Waals surface area contributed by atoms with E-state index in [0.29, 0.717) is 28.5 Å².